The highest BCUT2D eigenvalue weighted by Crippen LogP contribution is 2.23. The lowest BCUT2D eigenvalue weighted by molar-refractivity contribution is -0.155. The van der Waals surface area contributed by atoms with Gasteiger partial charge in [0.05, 0.1) is 0 Å². The Morgan fingerprint density at radius 3 is 1.04 bits per heavy atom. The first-order chi connectivity index (χ1) is 22.9. The third-order valence-electron chi connectivity index (χ3n) is 8.86. The first-order valence-electron chi connectivity index (χ1n) is 19.7. The molecular weight excluding hydrogens is 608 g/mol. The van der Waals surface area contributed by atoms with Gasteiger partial charge in [0.15, 0.2) is 0 Å². The van der Waals surface area contributed by atoms with E-state index in [1.807, 2.05) is 0 Å². The Labute approximate surface area is 295 Å². The van der Waals surface area contributed by atoms with E-state index in [0.717, 1.165) is 64.2 Å². The van der Waals surface area contributed by atoms with E-state index in [4.69, 9.17) is 21.1 Å². The van der Waals surface area contributed by atoms with Crippen LogP contribution in [0.5, 0.6) is 0 Å². The minimum Gasteiger partial charge on any atom is -0.464 e. The van der Waals surface area contributed by atoms with Gasteiger partial charge >= 0.3 is 11.9 Å². The lowest BCUT2D eigenvalue weighted by Gasteiger charge is -2.24. The average Bonchev–Trinajstić information content (AvgIpc) is 3.06. The fraction of sp³-hybridized carbons (Fsp3) is 0.829. The molecular formula is C41H73ClO5. The van der Waals surface area contributed by atoms with Gasteiger partial charge < -0.3 is 9.47 Å². The zero-order valence-corrected chi connectivity index (χ0v) is 31.7. The Morgan fingerprint density at radius 1 is 0.468 bits per heavy atom. The van der Waals surface area contributed by atoms with E-state index in [1.54, 1.807) is 6.92 Å². The average molecular weight is 681 g/mol. The monoisotopic (exact) mass is 681 g/mol. The lowest BCUT2D eigenvalue weighted by atomic mass is 9.95. The van der Waals surface area contributed by atoms with Gasteiger partial charge in [-0.3, -0.25) is 14.4 Å². The van der Waals surface area contributed by atoms with Crippen LogP contribution in [0, 0.1) is 5.41 Å². The van der Waals surface area contributed by atoms with E-state index < -0.39 is 10.7 Å². The normalized spacial score (nSPS) is 12.9. The summed E-state index contributed by atoms with van der Waals surface area (Å²) < 4.78 is 10.7. The molecule has 0 rings (SSSR count). The molecule has 0 amide bonds. The topological polar surface area (TPSA) is 69.7 Å². The molecule has 0 aliphatic rings. The van der Waals surface area contributed by atoms with E-state index >= 15 is 0 Å². The number of allylic oxidation sites excluding steroid dienone is 4. The largest absolute Gasteiger partial charge is 0.464 e. The van der Waals surface area contributed by atoms with Gasteiger partial charge in [-0.2, -0.15) is 0 Å². The Hall–Kier alpha value is -1.62. The van der Waals surface area contributed by atoms with Crippen LogP contribution in [-0.2, 0) is 23.9 Å². The lowest BCUT2D eigenvalue weighted by Crippen LogP contribution is -2.36. The van der Waals surface area contributed by atoms with E-state index in [2.05, 4.69) is 38.2 Å². The molecule has 0 aromatic heterocycles. The predicted octanol–water partition coefficient (Wildman–Crippen LogP) is 12.9. The third kappa shape index (κ3) is 31.4. The fourth-order valence-electron chi connectivity index (χ4n) is 5.46. The van der Waals surface area contributed by atoms with Crippen LogP contribution in [0.2, 0.25) is 0 Å². The van der Waals surface area contributed by atoms with Crippen LogP contribution in [0.15, 0.2) is 24.3 Å². The van der Waals surface area contributed by atoms with Crippen molar-refractivity contribution in [1.29, 1.82) is 0 Å². The zero-order valence-electron chi connectivity index (χ0n) is 30.9. The first-order valence-corrected chi connectivity index (χ1v) is 20.0. The standard InChI is InChI=1S/C41H73ClO5/c1-4-6-8-10-12-14-16-18-20-22-24-26-28-30-32-34-38(43)46-36-41(3,40(42)45)37-47-39(44)35-33-31-29-27-25-23-21-19-17-15-13-11-9-7-5-2/h18-21H,4-17,22-37H2,1-3H3. The van der Waals surface area contributed by atoms with E-state index in [0.29, 0.717) is 12.8 Å². The third-order valence-corrected chi connectivity index (χ3v) is 9.32. The van der Waals surface area contributed by atoms with Crippen LogP contribution in [0.4, 0.5) is 0 Å². The molecule has 0 atom stereocenters. The maximum Gasteiger partial charge on any atom is 0.305 e. The smallest absolute Gasteiger partial charge is 0.305 e. The second kappa shape index (κ2) is 34.3. The second-order valence-corrected chi connectivity index (χ2v) is 14.2. The number of ether oxygens (including phenoxy) is 2. The highest BCUT2D eigenvalue weighted by Gasteiger charge is 2.35. The maximum absolute atomic E-state index is 12.3. The summed E-state index contributed by atoms with van der Waals surface area (Å²) in [7, 11) is 0. The minimum absolute atomic E-state index is 0.181. The molecule has 0 saturated carbocycles. The van der Waals surface area contributed by atoms with Crippen LogP contribution in [-0.4, -0.2) is 30.4 Å². The number of halogens is 1. The predicted molar refractivity (Wildman–Crippen MR) is 200 cm³/mol. The van der Waals surface area contributed by atoms with Gasteiger partial charge in [-0.1, -0.05) is 141 Å². The van der Waals surface area contributed by atoms with Crippen molar-refractivity contribution in [3.8, 4) is 0 Å². The Morgan fingerprint density at radius 2 is 0.745 bits per heavy atom. The van der Waals surface area contributed by atoms with Crippen LogP contribution >= 0.6 is 11.6 Å². The summed E-state index contributed by atoms with van der Waals surface area (Å²) in [6, 6.07) is 0. The summed E-state index contributed by atoms with van der Waals surface area (Å²) in [4.78, 5) is 36.6. The highest BCUT2D eigenvalue weighted by atomic mass is 35.5. The molecule has 0 aromatic rings. The molecule has 0 bridgehead atoms. The molecule has 0 radical (unpaired) electrons. The summed E-state index contributed by atoms with van der Waals surface area (Å²) in [5.74, 6) is -0.683. The summed E-state index contributed by atoms with van der Waals surface area (Å²) >= 11 is 5.81. The van der Waals surface area contributed by atoms with E-state index in [-0.39, 0.29) is 25.2 Å². The summed E-state index contributed by atoms with van der Waals surface area (Å²) in [5, 5.41) is -0.667. The molecule has 5 nitrogen and oxygen atoms in total. The van der Waals surface area contributed by atoms with Crippen molar-refractivity contribution in [3.05, 3.63) is 24.3 Å². The van der Waals surface area contributed by atoms with Crippen molar-refractivity contribution in [2.75, 3.05) is 13.2 Å². The van der Waals surface area contributed by atoms with Crippen molar-refractivity contribution >= 4 is 28.8 Å². The van der Waals surface area contributed by atoms with Crippen LogP contribution in [0.1, 0.15) is 201 Å². The van der Waals surface area contributed by atoms with E-state index in [9.17, 15) is 14.4 Å². The summed E-state index contributed by atoms with van der Waals surface area (Å²) in [6.45, 7) is 5.72. The van der Waals surface area contributed by atoms with Gasteiger partial charge in [0.2, 0.25) is 5.24 Å². The molecule has 6 heteroatoms. The molecule has 274 valence electrons. The van der Waals surface area contributed by atoms with Crippen molar-refractivity contribution < 1.29 is 23.9 Å². The number of hydrogen-bond acceptors (Lipinski definition) is 5. The Kier molecular flexibility index (Phi) is 33.1. The van der Waals surface area contributed by atoms with E-state index in [1.165, 1.54) is 103 Å². The summed E-state index contributed by atoms with van der Waals surface area (Å²) in [5.41, 5.74) is -1.24. The molecule has 0 aromatic carbocycles. The molecule has 0 unspecified atom stereocenters. The van der Waals surface area contributed by atoms with Crippen LogP contribution in [0.3, 0.4) is 0 Å². The van der Waals surface area contributed by atoms with Crippen LogP contribution < -0.4 is 0 Å². The van der Waals surface area contributed by atoms with Gasteiger partial charge in [0.1, 0.15) is 18.6 Å². The Bertz CT molecular complexity index is 750. The SMILES string of the molecule is CCCCCCCCC=CCCCCCCCC(=O)OCC(C)(COC(=O)CCCCCCCC=CCCCCCCCC)C(=O)Cl. The van der Waals surface area contributed by atoms with Gasteiger partial charge in [-0.05, 0) is 82.7 Å². The molecule has 47 heavy (non-hydrogen) atoms. The van der Waals surface area contributed by atoms with Crippen LogP contribution in [0.25, 0.3) is 0 Å². The Balaban J connectivity index is 3.81. The number of hydrogen-bond donors (Lipinski definition) is 0. The van der Waals surface area contributed by atoms with Crippen molar-refractivity contribution in [3.63, 3.8) is 0 Å². The first kappa shape index (κ1) is 45.4. The molecule has 0 aliphatic carbocycles. The minimum atomic E-state index is -1.24. The number of rotatable bonds is 35. The molecule has 0 saturated heterocycles. The number of carbonyl (C=O) groups is 3. The van der Waals surface area contributed by atoms with Crippen molar-refractivity contribution in [2.45, 2.75) is 201 Å². The van der Waals surface area contributed by atoms with Gasteiger partial charge in [0, 0.05) is 12.8 Å². The molecule has 0 fully saturated rings. The van der Waals surface area contributed by atoms with Gasteiger partial charge in [-0.25, -0.2) is 0 Å². The molecule has 0 aliphatic heterocycles. The maximum atomic E-state index is 12.3. The number of esters is 2. The quantitative estimate of drug-likeness (QED) is 0.0288. The molecule has 0 spiro atoms. The second-order valence-electron chi connectivity index (χ2n) is 13.8. The fourth-order valence-corrected chi connectivity index (χ4v) is 5.57. The number of carbonyl (C=O) groups excluding carboxylic acids is 3. The number of unbranched alkanes of at least 4 members (excludes halogenated alkanes) is 22. The molecule has 0 N–H and O–H groups in total. The van der Waals surface area contributed by atoms with Gasteiger partial charge in [0.25, 0.3) is 0 Å². The van der Waals surface area contributed by atoms with Gasteiger partial charge in [-0.15, -0.1) is 0 Å². The van der Waals surface area contributed by atoms with Crippen molar-refractivity contribution in [2.24, 2.45) is 5.41 Å². The zero-order chi connectivity index (χ0) is 34.7. The highest BCUT2D eigenvalue weighted by molar-refractivity contribution is 6.64. The summed E-state index contributed by atoms with van der Waals surface area (Å²) in [6.07, 6.45) is 41.1. The van der Waals surface area contributed by atoms with Crippen molar-refractivity contribution in [1.82, 2.24) is 0 Å². The molecule has 0 heterocycles.